The summed E-state index contributed by atoms with van der Waals surface area (Å²) >= 11 is 0. The van der Waals surface area contributed by atoms with E-state index in [1.54, 1.807) is 0 Å². The fourth-order valence-electron chi connectivity index (χ4n) is 1.77. The van der Waals surface area contributed by atoms with Crippen molar-refractivity contribution in [1.82, 2.24) is 10.2 Å². The van der Waals surface area contributed by atoms with Gasteiger partial charge in [-0.1, -0.05) is 6.92 Å². The van der Waals surface area contributed by atoms with Crippen molar-refractivity contribution in [2.24, 2.45) is 10.4 Å². The van der Waals surface area contributed by atoms with Crippen molar-refractivity contribution in [2.45, 2.75) is 33.1 Å². The Morgan fingerprint density at radius 1 is 1.47 bits per heavy atom. The van der Waals surface area contributed by atoms with E-state index in [0.29, 0.717) is 5.41 Å². The highest BCUT2D eigenvalue weighted by molar-refractivity contribution is 5.53. The van der Waals surface area contributed by atoms with E-state index in [2.05, 4.69) is 29.2 Å². The zero-order valence-corrected chi connectivity index (χ0v) is 10.4. The first-order valence-corrected chi connectivity index (χ1v) is 6.06. The van der Waals surface area contributed by atoms with E-state index in [-0.39, 0.29) is 0 Å². The minimum absolute atomic E-state index is 0.645. The molecule has 0 spiro atoms. The topological polar surface area (TPSA) is 27.6 Å². The molecule has 0 bridgehead atoms. The van der Waals surface area contributed by atoms with Crippen LogP contribution < -0.4 is 5.32 Å². The van der Waals surface area contributed by atoms with E-state index >= 15 is 0 Å². The van der Waals surface area contributed by atoms with E-state index in [4.69, 9.17) is 0 Å². The van der Waals surface area contributed by atoms with Crippen LogP contribution in [0.15, 0.2) is 4.99 Å². The van der Waals surface area contributed by atoms with Crippen LogP contribution in [0.25, 0.3) is 0 Å². The maximum Gasteiger partial charge on any atom is 0.0823 e. The Bertz CT molecular complexity index is 197. The number of nitrogens with zero attached hydrogens (tertiary/aromatic N) is 2. The van der Waals surface area contributed by atoms with Gasteiger partial charge in [-0.15, -0.1) is 0 Å². The maximum atomic E-state index is 4.11. The minimum atomic E-state index is 0.645. The summed E-state index contributed by atoms with van der Waals surface area (Å²) in [5.41, 5.74) is 0.645. The Morgan fingerprint density at radius 3 is 2.80 bits per heavy atom. The largest absolute Gasteiger partial charge is 0.376 e. The molecular formula is C12H25N3. The van der Waals surface area contributed by atoms with Crippen LogP contribution in [-0.2, 0) is 0 Å². The predicted octanol–water partition coefficient (Wildman–Crippen LogP) is 1.75. The first-order valence-electron chi connectivity index (χ1n) is 6.06. The van der Waals surface area contributed by atoms with Crippen molar-refractivity contribution in [3.05, 3.63) is 0 Å². The number of hydrogen-bond acceptors (Lipinski definition) is 2. The van der Waals surface area contributed by atoms with Crippen LogP contribution in [0.4, 0.5) is 0 Å². The van der Waals surface area contributed by atoms with Gasteiger partial charge in [0.2, 0.25) is 0 Å². The van der Waals surface area contributed by atoms with Crippen LogP contribution in [0.2, 0.25) is 0 Å². The number of hydrogen-bond donors (Lipinski definition) is 1. The second kappa shape index (κ2) is 6.11. The molecule has 88 valence electrons. The Balaban J connectivity index is 1.92. The van der Waals surface area contributed by atoms with Gasteiger partial charge in [0, 0.05) is 19.6 Å². The number of rotatable bonds is 8. The summed E-state index contributed by atoms with van der Waals surface area (Å²) in [5, 5.41) is 3.20. The summed E-state index contributed by atoms with van der Waals surface area (Å²) in [6, 6.07) is 0. The number of aliphatic imine (C=N–C) groups is 1. The summed E-state index contributed by atoms with van der Waals surface area (Å²) in [5.74, 6) is 0. The fraction of sp³-hybridized carbons (Fsp3) is 0.917. The predicted molar refractivity (Wildman–Crippen MR) is 66.5 cm³/mol. The zero-order valence-electron chi connectivity index (χ0n) is 10.4. The first-order chi connectivity index (χ1) is 7.16. The molecule has 0 heterocycles. The lowest BCUT2D eigenvalue weighted by molar-refractivity contribution is 0.272. The maximum absolute atomic E-state index is 4.11. The smallest absolute Gasteiger partial charge is 0.0823 e. The Morgan fingerprint density at radius 2 is 2.20 bits per heavy atom. The molecule has 0 aromatic rings. The van der Waals surface area contributed by atoms with Crippen LogP contribution in [0.5, 0.6) is 0 Å². The summed E-state index contributed by atoms with van der Waals surface area (Å²) in [4.78, 5) is 6.56. The van der Waals surface area contributed by atoms with Crippen LogP contribution in [0.1, 0.15) is 33.1 Å². The Hall–Kier alpha value is -0.570. The highest BCUT2D eigenvalue weighted by Crippen LogP contribution is 2.45. The lowest BCUT2D eigenvalue weighted by Crippen LogP contribution is -2.28. The van der Waals surface area contributed by atoms with E-state index in [0.717, 1.165) is 13.1 Å². The van der Waals surface area contributed by atoms with E-state index in [1.165, 1.54) is 32.4 Å². The van der Waals surface area contributed by atoms with Crippen LogP contribution in [0, 0.1) is 5.41 Å². The third-order valence-electron chi connectivity index (χ3n) is 2.98. The molecule has 15 heavy (non-hydrogen) atoms. The second-order valence-electron chi connectivity index (χ2n) is 4.98. The molecule has 1 aliphatic carbocycles. The molecule has 1 saturated carbocycles. The average Bonchev–Trinajstić information content (AvgIpc) is 2.89. The molecule has 3 heteroatoms. The van der Waals surface area contributed by atoms with Gasteiger partial charge in [0.15, 0.2) is 0 Å². The van der Waals surface area contributed by atoms with E-state index in [1.807, 2.05) is 13.3 Å². The Kier molecular flexibility index (Phi) is 5.09. The third-order valence-corrected chi connectivity index (χ3v) is 2.98. The van der Waals surface area contributed by atoms with Crippen LogP contribution in [0.3, 0.4) is 0 Å². The minimum Gasteiger partial charge on any atom is -0.376 e. The summed E-state index contributed by atoms with van der Waals surface area (Å²) in [6.07, 6.45) is 5.85. The van der Waals surface area contributed by atoms with Crippen molar-refractivity contribution in [2.75, 3.05) is 33.2 Å². The van der Waals surface area contributed by atoms with Crippen molar-refractivity contribution in [1.29, 1.82) is 0 Å². The van der Waals surface area contributed by atoms with Crippen molar-refractivity contribution in [3.63, 3.8) is 0 Å². The second-order valence-corrected chi connectivity index (χ2v) is 4.98. The van der Waals surface area contributed by atoms with E-state index in [9.17, 15) is 0 Å². The molecule has 0 radical (unpaired) electrons. The standard InChI is InChI=1S/C12H25N3/c1-4-13-11-14-8-5-9-15(3)10-12(2)6-7-12/h11H,4-10H2,1-3H3,(H,13,14). The first kappa shape index (κ1) is 12.5. The molecule has 0 aromatic carbocycles. The molecule has 1 aliphatic rings. The van der Waals surface area contributed by atoms with Crippen LogP contribution in [-0.4, -0.2) is 44.5 Å². The summed E-state index contributed by atoms with van der Waals surface area (Å²) in [6.45, 7) is 8.77. The molecule has 1 fully saturated rings. The van der Waals surface area contributed by atoms with Crippen LogP contribution >= 0.6 is 0 Å². The van der Waals surface area contributed by atoms with Gasteiger partial charge in [0.05, 0.1) is 6.34 Å². The van der Waals surface area contributed by atoms with Crippen molar-refractivity contribution in [3.8, 4) is 0 Å². The molecule has 1 N–H and O–H groups in total. The van der Waals surface area contributed by atoms with Gasteiger partial charge in [-0.3, -0.25) is 4.99 Å². The van der Waals surface area contributed by atoms with E-state index < -0.39 is 0 Å². The molecule has 0 aromatic heterocycles. The monoisotopic (exact) mass is 211 g/mol. The van der Waals surface area contributed by atoms with Gasteiger partial charge in [0.1, 0.15) is 0 Å². The van der Waals surface area contributed by atoms with Gasteiger partial charge < -0.3 is 10.2 Å². The quantitative estimate of drug-likeness (QED) is 0.376. The molecule has 0 unspecified atom stereocenters. The van der Waals surface area contributed by atoms with Gasteiger partial charge in [-0.2, -0.15) is 0 Å². The Labute approximate surface area is 94.0 Å². The molecular weight excluding hydrogens is 186 g/mol. The van der Waals surface area contributed by atoms with Crippen molar-refractivity contribution < 1.29 is 0 Å². The molecule has 0 amide bonds. The summed E-state index contributed by atoms with van der Waals surface area (Å²) in [7, 11) is 2.23. The molecule has 0 aliphatic heterocycles. The highest BCUT2D eigenvalue weighted by atomic mass is 15.1. The van der Waals surface area contributed by atoms with Gasteiger partial charge in [0.25, 0.3) is 0 Å². The molecule has 0 saturated heterocycles. The molecule has 0 atom stereocenters. The van der Waals surface area contributed by atoms with Gasteiger partial charge >= 0.3 is 0 Å². The SMILES string of the molecule is CCN=CNCCCN(C)CC1(C)CC1. The fourth-order valence-corrected chi connectivity index (χ4v) is 1.77. The molecule has 3 nitrogen and oxygen atoms in total. The lowest BCUT2D eigenvalue weighted by Gasteiger charge is -2.20. The average molecular weight is 211 g/mol. The highest BCUT2D eigenvalue weighted by Gasteiger charge is 2.37. The third kappa shape index (κ3) is 5.78. The van der Waals surface area contributed by atoms with Gasteiger partial charge in [-0.05, 0) is 45.2 Å². The normalized spacial score (nSPS) is 18.7. The molecule has 1 rings (SSSR count). The van der Waals surface area contributed by atoms with Crippen molar-refractivity contribution >= 4 is 6.34 Å². The number of nitrogens with one attached hydrogen (secondary N) is 1. The summed E-state index contributed by atoms with van der Waals surface area (Å²) < 4.78 is 0. The zero-order chi connectivity index (χ0) is 11.1. The van der Waals surface area contributed by atoms with Gasteiger partial charge in [-0.25, -0.2) is 0 Å². The lowest BCUT2D eigenvalue weighted by atomic mass is 10.1.